The predicted octanol–water partition coefficient (Wildman–Crippen LogP) is 1.90. The quantitative estimate of drug-likeness (QED) is 0.719. The van der Waals surface area contributed by atoms with Crippen molar-refractivity contribution in [3.05, 3.63) is 22.7 Å². The van der Waals surface area contributed by atoms with E-state index in [4.69, 9.17) is 14.6 Å². The fourth-order valence-electron chi connectivity index (χ4n) is 2.43. The Bertz CT molecular complexity index is 652. The highest BCUT2D eigenvalue weighted by Gasteiger charge is 2.51. The van der Waals surface area contributed by atoms with Gasteiger partial charge in [-0.2, -0.15) is 4.98 Å². The van der Waals surface area contributed by atoms with Crippen LogP contribution in [0.25, 0.3) is 0 Å². The molecule has 2 heterocycles. The Kier molecular flexibility index (Phi) is 6.43. The summed E-state index contributed by atoms with van der Waals surface area (Å²) in [5.41, 5.74) is -1.01. The first kappa shape index (κ1) is 19.3. The summed E-state index contributed by atoms with van der Waals surface area (Å²) in [4.78, 5) is 27.1. The van der Waals surface area contributed by atoms with Crippen molar-refractivity contribution in [3.63, 3.8) is 0 Å². The van der Waals surface area contributed by atoms with E-state index in [2.05, 4.69) is 10.3 Å². The number of anilines is 1. The molecule has 0 spiro atoms. The number of amides is 1. The van der Waals surface area contributed by atoms with E-state index in [0.29, 0.717) is 4.57 Å². The standard InChI is InChI=1S/C15H21F2N3O5/c1-2-3-4-7-24-14(23)19-11-5-6-20(13(22)18-11)12-15(16,17)8-10(9-21)25-12/h5-6,10,12,21H,2-4,7-9H2,1H3,(H,18,19,22,23). The zero-order valence-corrected chi connectivity index (χ0v) is 13.8. The molecule has 140 valence electrons. The van der Waals surface area contributed by atoms with Crippen LogP contribution in [0.15, 0.2) is 17.1 Å². The molecule has 10 heteroatoms. The zero-order valence-electron chi connectivity index (χ0n) is 13.8. The third-order valence-electron chi connectivity index (χ3n) is 3.68. The third kappa shape index (κ3) is 4.95. The van der Waals surface area contributed by atoms with Crippen LogP contribution >= 0.6 is 0 Å². The summed E-state index contributed by atoms with van der Waals surface area (Å²) in [5.74, 6) is -3.42. The number of nitrogens with zero attached hydrogens (tertiary/aromatic N) is 2. The topological polar surface area (TPSA) is 103 Å². The Hall–Kier alpha value is -2.07. The summed E-state index contributed by atoms with van der Waals surface area (Å²) < 4.78 is 38.4. The Balaban J connectivity index is 2.01. The molecule has 0 radical (unpaired) electrons. The first-order valence-corrected chi connectivity index (χ1v) is 8.04. The Morgan fingerprint density at radius 3 is 2.92 bits per heavy atom. The van der Waals surface area contributed by atoms with Crippen molar-refractivity contribution >= 4 is 11.9 Å². The molecule has 2 rings (SSSR count). The first-order valence-electron chi connectivity index (χ1n) is 8.04. The number of halogens is 2. The normalized spacial score (nSPS) is 21.9. The molecule has 0 saturated carbocycles. The van der Waals surface area contributed by atoms with Gasteiger partial charge < -0.3 is 14.6 Å². The van der Waals surface area contributed by atoms with Crippen molar-refractivity contribution < 1.29 is 28.2 Å². The predicted molar refractivity (Wildman–Crippen MR) is 83.6 cm³/mol. The second-order valence-corrected chi connectivity index (χ2v) is 5.73. The molecule has 1 aromatic heterocycles. The highest BCUT2D eigenvalue weighted by Crippen LogP contribution is 2.41. The van der Waals surface area contributed by atoms with Gasteiger partial charge in [0.15, 0.2) is 0 Å². The molecule has 1 fully saturated rings. The zero-order chi connectivity index (χ0) is 18.4. The largest absolute Gasteiger partial charge is 0.449 e. The van der Waals surface area contributed by atoms with E-state index in [0.717, 1.165) is 25.5 Å². The van der Waals surface area contributed by atoms with Crippen molar-refractivity contribution in [1.29, 1.82) is 0 Å². The van der Waals surface area contributed by atoms with Crippen molar-refractivity contribution in [2.24, 2.45) is 0 Å². The lowest BCUT2D eigenvalue weighted by Crippen LogP contribution is -2.35. The summed E-state index contributed by atoms with van der Waals surface area (Å²) in [6, 6.07) is 1.19. The molecule has 2 atom stereocenters. The fourth-order valence-corrected chi connectivity index (χ4v) is 2.43. The number of aliphatic hydroxyl groups is 1. The number of carbonyl (C=O) groups is 1. The second kappa shape index (κ2) is 8.34. The molecule has 0 aromatic carbocycles. The van der Waals surface area contributed by atoms with Crippen LogP contribution in [0.4, 0.5) is 19.4 Å². The second-order valence-electron chi connectivity index (χ2n) is 5.73. The van der Waals surface area contributed by atoms with E-state index >= 15 is 0 Å². The van der Waals surface area contributed by atoms with Gasteiger partial charge in [0.25, 0.3) is 5.92 Å². The number of ether oxygens (including phenoxy) is 2. The van der Waals surface area contributed by atoms with Crippen LogP contribution in [0.3, 0.4) is 0 Å². The van der Waals surface area contributed by atoms with Crippen molar-refractivity contribution in [1.82, 2.24) is 9.55 Å². The van der Waals surface area contributed by atoms with Crippen LogP contribution in [0.1, 0.15) is 38.8 Å². The summed E-state index contributed by atoms with van der Waals surface area (Å²) in [5, 5.41) is 11.2. The van der Waals surface area contributed by atoms with Gasteiger partial charge in [-0.1, -0.05) is 19.8 Å². The van der Waals surface area contributed by atoms with Gasteiger partial charge in [0, 0.05) is 12.6 Å². The van der Waals surface area contributed by atoms with Crippen LogP contribution in [0.2, 0.25) is 0 Å². The molecule has 8 nitrogen and oxygen atoms in total. The Morgan fingerprint density at radius 1 is 1.56 bits per heavy atom. The van der Waals surface area contributed by atoms with Gasteiger partial charge in [-0.25, -0.2) is 18.4 Å². The molecule has 1 aliphatic heterocycles. The number of alkyl halides is 2. The number of unbranched alkanes of at least 4 members (excludes halogenated alkanes) is 2. The molecule has 0 aliphatic carbocycles. The molecule has 1 amide bonds. The average Bonchev–Trinajstić information content (AvgIpc) is 2.86. The van der Waals surface area contributed by atoms with Crippen molar-refractivity contribution in [3.8, 4) is 0 Å². The van der Waals surface area contributed by atoms with E-state index < -0.39 is 43.1 Å². The number of carbonyl (C=O) groups excluding carboxylic acids is 1. The van der Waals surface area contributed by atoms with Crippen LogP contribution in [-0.4, -0.2) is 46.0 Å². The number of hydrogen-bond donors (Lipinski definition) is 2. The summed E-state index contributed by atoms with van der Waals surface area (Å²) in [7, 11) is 0. The third-order valence-corrected chi connectivity index (χ3v) is 3.68. The smallest absolute Gasteiger partial charge is 0.412 e. The maximum absolute atomic E-state index is 13.9. The number of hydrogen-bond acceptors (Lipinski definition) is 6. The number of aliphatic hydroxyl groups excluding tert-OH is 1. The molecule has 25 heavy (non-hydrogen) atoms. The minimum absolute atomic E-state index is 0.109. The van der Waals surface area contributed by atoms with Gasteiger partial charge >= 0.3 is 11.8 Å². The van der Waals surface area contributed by atoms with Gasteiger partial charge in [-0.15, -0.1) is 0 Å². The Labute approximate surface area is 142 Å². The molecule has 0 bridgehead atoms. The van der Waals surface area contributed by atoms with Crippen LogP contribution in [0, 0.1) is 0 Å². The molecule has 2 N–H and O–H groups in total. The number of aromatic nitrogens is 2. The highest BCUT2D eigenvalue weighted by atomic mass is 19.3. The van der Waals surface area contributed by atoms with Crippen molar-refractivity contribution in [2.75, 3.05) is 18.5 Å². The number of rotatable bonds is 7. The fraction of sp³-hybridized carbons (Fsp3) is 0.667. The van der Waals surface area contributed by atoms with Gasteiger partial charge in [0.2, 0.25) is 6.23 Å². The lowest BCUT2D eigenvalue weighted by molar-refractivity contribution is -0.120. The minimum atomic E-state index is -3.31. The number of nitrogens with one attached hydrogen (secondary N) is 1. The minimum Gasteiger partial charge on any atom is -0.449 e. The van der Waals surface area contributed by atoms with E-state index in [1.165, 1.54) is 6.07 Å². The summed E-state index contributed by atoms with van der Waals surface area (Å²) in [6.45, 7) is 1.68. The SMILES string of the molecule is CCCCCOC(=O)Nc1ccn(C2OC(CO)CC2(F)F)c(=O)n1. The summed E-state index contributed by atoms with van der Waals surface area (Å²) >= 11 is 0. The average molecular weight is 361 g/mol. The van der Waals surface area contributed by atoms with E-state index in [1.807, 2.05) is 6.92 Å². The molecular weight excluding hydrogens is 340 g/mol. The monoisotopic (exact) mass is 361 g/mol. The molecule has 2 unspecified atom stereocenters. The Morgan fingerprint density at radius 2 is 2.32 bits per heavy atom. The van der Waals surface area contributed by atoms with E-state index in [1.54, 1.807) is 0 Å². The maximum atomic E-state index is 13.9. The molecule has 1 saturated heterocycles. The van der Waals surface area contributed by atoms with Crippen LogP contribution < -0.4 is 11.0 Å². The van der Waals surface area contributed by atoms with Gasteiger partial charge in [-0.05, 0) is 12.5 Å². The van der Waals surface area contributed by atoms with Gasteiger partial charge in [0.1, 0.15) is 5.82 Å². The van der Waals surface area contributed by atoms with Crippen LogP contribution in [-0.2, 0) is 9.47 Å². The van der Waals surface area contributed by atoms with E-state index in [9.17, 15) is 18.4 Å². The molecule has 1 aromatic rings. The van der Waals surface area contributed by atoms with E-state index in [-0.39, 0.29) is 12.4 Å². The lowest BCUT2D eigenvalue weighted by atomic mass is 10.2. The highest BCUT2D eigenvalue weighted by molar-refractivity contribution is 5.83. The first-order chi connectivity index (χ1) is 11.9. The summed E-state index contributed by atoms with van der Waals surface area (Å²) in [6.07, 6.45) is -0.683. The van der Waals surface area contributed by atoms with Crippen molar-refractivity contribution in [2.45, 2.75) is 50.9 Å². The maximum Gasteiger partial charge on any atom is 0.412 e. The molecular formula is C15H21F2N3O5. The van der Waals surface area contributed by atoms with Crippen LogP contribution in [0.5, 0.6) is 0 Å². The van der Waals surface area contributed by atoms with Gasteiger partial charge in [-0.3, -0.25) is 9.88 Å². The van der Waals surface area contributed by atoms with Gasteiger partial charge in [0.05, 0.1) is 19.3 Å². The molecule has 1 aliphatic rings. The lowest BCUT2D eigenvalue weighted by Gasteiger charge is -2.19.